The topological polar surface area (TPSA) is 90.9 Å². The zero-order chi connectivity index (χ0) is 19.6. The van der Waals surface area contributed by atoms with E-state index in [1.165, 1.54) is 6.33 Å². The molecule has 1 saturated heterocycles. The van der Waals surface area contributed by atoms with Gasteiger partial charge in [-0.2, -0.15) is 5.10 Å². The molecule has 5 rings (SSSR count). The number of aromatic nitrogens is 4. The van der Waals surface area contributed by atoms with E-state index in [1.54, 1.807) is 0 Å². The van der Waals surface area contributed by atoms with Crippen LogP contribution in [0, 0.1) is 5.92 Å². The summed E-state index contributed by atoms with van der Waals surface area (Å²) in [7, 11) is 0. The maximum Gasteiger partial charge on any atom is 0.163 e. The van der Waals surface area contributed by atoms with Crippen LogP contribution in [-0.4, -0.2) is 32.8 Å². The molecule has 7 nitrogen and oxygen atoms in total. The molecule has 0 saturated carbocycles. The Morgan fingerprint density at radius 1 is 1.03 bits per heavy atom. The second-order valence-corrected chi connectivity index (χ2v) is 7.29. The van der Waals surface area contributed by atoms with Crippen molar-refractivity contribution in [2.45, 2.75) is 13.0 Å². The highest BCUT2D eigenvalue weighted by atomic mass is 16.5. The average molecular weight is 386 g/mol. The van der Waals surface area contributed by atoms with Gasteiger partial charge in [0.1, 0.15) is 29.3 Å². The first-order chi connectivity index (χ1) is 14.3. The number of rotatable bonds is 5. The van der Waals surface area contributed by atoms with Crippen LogP contribution < -0.4 is 15.8 Å². The van der Waals surface area contributed by atoms with Crippen LogP contribution in [0.25, 0.3) is 22.3 Å². The molecule has 29 heavy (non-hydrogen) atoms. The smallest absolute Gasteiger partial charge is 0.163 e. The third-order valence-electron chi connectivity index (χ3n) is 5.26. The van der Waals surface area contributed by atoms with Crippen LogP contribution in [0.1, 0.15) is 6.42 Å². The van der Waals surface area contributed by atoms with Crippen molar-refractivity contribution in [3.05, 3.63) is 60.9 Å². The number of para-hydroxylation sites is 1. The van der Waals surface area contributed by atoms with Gasteiger partial charge in [-0.05, 0) is 61.8 Å². The number of hydrogen-bond acceptors (Lipinski definition) is 6. The Bertz CT molecular complexity index is 1120. The molecule has 0 radical (unpaired) electrons. The highest BCUT2D eigenvalue weighted by Gasteiger charge is 2.21. The van der Waals surface area contributed by atoms with Crippen molar-refractivity contribution >= 4 is 16.9 Å². The molecule has 3 N–H and O–H groups in total. The summed E-state index contributed by atoms with van der Waals surface area (Å²) in [4.78, 5) is 8.66. The second-order valence-electron chi connectivity index (χ2n) is 7.29. The Hall–Kier alpha value is -3.45. The molecule has 146 valence electrons. The Kier molecular flexibility index (Phi) is 4.57. The van der Waals surface area contributed by atoms with E-state index in [2.05, 4.69) is 15.3 Å². The number of nitrogens with two attached hydrogens (primary N) is 1. The van der Waals surface area contributed by atoms with E-state index in [0.29, 0.717) is 11.7 Å². The fourth-order valence-electron chi connectivity index (χ4n) is 3.78. The van der Waals surface area contributed by atoms with Crippen LogP contribution in [0.15, 0.2) is 60.9 Å². The van der Waals surface area contributed by atoms with Gasteiger partial charge in [0, 0.05) is 12.1 Å². The summed E-state index contributed by atoms with van der Waals surface area (Å²) in [5.74, 6) is 2.57. The number of nitrogens with one attached hydrogen (secondary N) is 1. The van der Waals surface area contributed by atoms with E-state index in [9.17, 15) is 0 Å². The quantitative estimate of drug-likeness (QED) is 0.546. The third kappa shape index (κ3) is 3.52. The number of ether oxygens (including phenoxy) is 1. The van der Waals surface area contributed by atoms with E-state index in [1.807, 2.05) is 59.3 Å². The lowest BCUT2D eigenvalue weighted by molar-refractivity contribution is 0.458. The number of anilines is 1. The lowest BCUT2D eigenvalue weighted by Crippen LogP contribution is -2.15. The molecule has 0 aliphatic carbocycles. The molecular formula is C22H22N6O. The Labute approximate surface area is 168 Å². The molecular weight excluding hydrogens is 364 g/mol. The zero-order valence-electron chi connectivity index (χ0n) is 16.0. The third-order valence-corrected chi connectivity index (χ3v) is 5.26. The minimum Gasteiger partial charge on any atom is -0.457 e. The van der Waals surface area contributed by atoms with Gasteiger partial charge in [0.05, 0.1) is 5.39 Å². The van der Waals surface area contributed by atoms with Gasteiger partial charge in [-0.25, -0.2) is 14.6 Å². The second kappa shape index (κ2) is 7.52. The summed E-state index contributed by atoms with van der Waals surface area (Å²) in [5.41, 5.74) is 8.75. The molecule has 0 bridgehead atoms. The highest BCUT2D eigenvalue weighted by molar-refractivity contribution is 5.98. The first kappa shape index (κ1) is 17.6. The number of hydrogen-bond donors (Lipinski definition) is 2. The molecule has 2 aromatic carbocycles. The van der Waals surface area contributed by atoms with Gasteiger partial charge in [-0.15, -0.1) is 0 Å². The van der Waals surface area contributed by atoms with Gasteiger partial charge in [-0.3, -0.25) is 0 Å². The lowest BCUT2D eigenvalue weighted by Gasteiger charge is -2.08. The summed E-state index contributed by atoms with van der Waals surface area (Å²) < 4.78 is 7.86. The maximum absolute atomic E-state index is 6.21. The summed E-state index contributed by atoms with van der Waals surface area (Å²) in [6.07, 6.45) is 2.64. The van der Waals surface area contributed by atoms with Gasteiger partial charge in [0.15, 0.2) is 5.65 Å². The standard InChI is InChI=1S/C22H22N6O/c23-21-19-20(16-6-8-18(9-7-16)29-17-4-2-1-3-5-17)27-28(22(19)26-14-25-21)13-15-10-11-24-12-15/h1-9,14-15,24H,10-13H2,(H2,23,25,26). The molecule has 7 heteroatoms. The van der Waals surface area contributed by atoms with Crippen molar-refractivity contribution in [3.63, 3.8) is 0 Å². The highest BCUT2D eigenvalue weighted by Crippen LogP contribution is 2.32. The predicted octanol–water partition coefficient (Wildman–Crippen LogP) is 3.48. The minimum absolute atomic E-state index is 0.449. The van der Waals surface area contributed by atoms with E-state index in [0.717, 1.165) is 59.8 Å². The fourth-order valence-corrected chi connectivity index (χ4v) is 3.78. The molecule has 3 heterocycles. The number of benzene rings is 2. The zero-order valence-corrected chi connectivity index (χ0v) is 16.0. The van der Waals surface area contributed by atoms with E-state index in [4.69, 9.17) is 15.6 Å². The van der Waals surface area contributed by atoms with Crippen LogP contribution in [0.4, 0.5) is 5.82 Å². The average Bonchev–Trinajstić information content (AvgIpc) is 3.39. The van der Waals surface area contributed by atoms with Crippen molar-refractivity contribution in [2.24, 2.45) is 5.92 Å². The molecule has 4 aromatic rings. The molecule has 1 fully saturated rings. The largest absolute Gasteiger partial charge is 0.457 e. The molecule has 0 spiro atoms. The van der Waals surface area contributed by atoms with E-state index < -0.39 is 0 Å². The molecule has 1 unspecified atom stereocenters. The van der Waals surface area contributed by atoms with Gasteiger partial charge >= 0.3 is 0 Å². The lowest BCUT2D eigenvalue weighted by atomic mass is 10.1. The van der Waals surface area contributed by atoms with Gasteiger partial charge in [0.2, 0.25) is 0 Å². The van der Waals surface area contributed by atoms with Gasteiger partial charge in [-0.1, -0.05) is 18.2 Å². The Morgan fingerprint density at radius 3 is 2.59 bits per heavy atom. The SMILES string of the molecule is Nc1ncnc2c1c(-c1ccc(Oc3ccccc3)cc1)nn2CC1CCNC1. The monoisotopic (exact) mass is 386 g/mol. The number of nitrogen functional groups attached to an aromatic ring is 1. The molecule has 1 aliphatic heterocycles. The molecule has 1 atom stereocenters. The fraction of sp³-hybridized carbons (Fsp3) is 0.227. The Morgan fingerprint density at radius 2 is 1.83 bits per heavy atom. The molecule has 0 amide bonds. The van der Waals surface area contributed by atoms with Crippen molar-refractivity contribution in [2.75, 3.05) is 18.8 Å². The first-order valence-electron chi connectivity index (χ1n) is 9.79. The van der Waals surface area contributed by atoms with Gasteiger partial charge < -0.3 is 15.8 Å². The Balaban J connectivity index is 1.49. The summed E-state index contributed by atoms with van der Waals surface area (Å²) >= 11 is 0. The summed E-state index contributed by atoms with van der Waals surface area (Å²) in [6.45, 7) is 2.87. The van der Waals surface area contributed by atoms with Crippen LogP contribution in [0.2, 0.25) is 0 Å². The van der Waals surface area contributed by atoms with Crippen LogP contribution >= 0.6 is 0 Å². The van der Waals surface area contributed by atoms with Crippen LogP contribution in [0.3, 0.4) is 0 Å². The van der Waals surface area contributed by atoms with Crippen LogP contribution in [-0.2, 0) is 6.54 Å². The maximum atomic E-state index is 6.21. The number of fused-ring (bicyclic) bond motifs is 1. The minimum atomic E-state index is 0.449. The van der Waals surface area contributed by atoms with Crippen molar-refractivity contribution in [3.8, 4) is 22.8 Å². The van der Waals surface area contributed by atoms with E-state index in [-0.39, 0.29) is 0 Å². The van der Waals surface area contributed by atoms with E-state index >= 15 is 0 Å². The van der Waals surface area contributed by atoms with Crippen molar-refractivity contribution < 1.29 is 4.74 Å². The molecule has 1 aliphatic rings. The predicted molar refractivity (Wildman–Crippen MR) is 113 cm³/mol. The molecule has 2 aromatic heterocycles. The summed E-state index contributed by atoms with van der Waals surface area (Å²) in [6, 6.07) is 17.6. The normalized spacial score (nSPS) is 16.3. The number of nitrogens with zero attached hydrogens (tertiary/aromatic N) is 4. The summed E-state index contributed by atoms with van der Waals surface area (Å²) in [5, 5.41) is 9.07. The van der Waals surface area contributed by atoms with Crippen LogP contribution in [0.5, 0.6) is 11.5 Å². The van der Waals surface area contributed by atoms with Crippen molar-refractivity contribution in [1.82, 2.24) is 25.1 Å². The first-order valence-corrected chi connectivity index (χ1v) is 9.79. The van der Waals surface area contributed by atoms with Gasteiger partial charge in [0.25, 0.3) is 0 Å². The van der Waals surface area contributed by atoms with Crippen molar-refractivity contribution in [1.29, 1.82) is 0 Å².